The van der Waals surface area contributed by atoms with Crippen molar-refractivity contribution in [2.75, 3.05) is 7.05 Å². The van der Waals surface area contributed by atoms with Crippen molar-refractivity contribution < 1.29 is 4.79 Å². The minimum atomic E-state index is -0.0259. The molecule has 1 N–H and O–H groups in total. The van der Waals surface area contributed by atoms with Gasteiger partial charge >= 0.3 is 0 Å². The second-order valence-electron chi connectivity index (χ2n) is 4.18. The number of aromatic nitrogens is 2. The van der Waals surface area contributed by atoms with Gasteiger partial charge in [0.15, 0.2) is 0 Å². The number of amides is 1. The van der Waals surface area contributed by atoms with E-state index in [4.69, 9.17) is 0 Å². The van der Waals surface area contributed by atoms with Gasteiger partial charge in [-0.1, -0.05) is 11.6 Å². The second-order valence-corrected chi connectivity index (χ2v) is 5.03. The molecule has 0 saturated carbocycles. The van der Waals surface area contributed by atoms with E-state index >= 15 is 0 Å². The molecule has 0 aliphatic rings. The van der Waals surface area contributed by atoms with Gasteiger partial charge in [-0.2, -0.15) is 0 Å². The molecule has 2 rings (SSSR count). The first kappa shape index (κ1) is 12.8. The van der Waals surface area contributed by atoms with Crippen molar-refractivity contribution in [2.45, 2.75) is 13.5 Å². The molecule has 2 aromatic rings. The van der Waals surface area contributed by atoms with E-state index in [0.29, 0.717) is 12.1 Å². The molecule has 0 aliphatic heterocycles. The summed E-state index contributed by atoms with van der Waals surface area (Å²) in [4.78, 5) is 21.0. The van der Waals surface area contributed by atoms with Crippen molar-refractivity contribution in [3.63, 3.8) is 0 Å². The van der Waals surface area contributed by atoms with E-state index in [1.54, 1.807) is 24.3 Å². The Morgan fingerprint density at radius 3 is 2.94 bits per heavy atom. The van der Waals surface area contributed by atoms with E-state index in [9.17, 15) is 4.79 Å². The number of carbonyl (C=O) groups excluding carboxylic acids is 1. The topological polar surface area (TPSA) is 49.0 Å². The Labute approximate surface area is 114 Å². The van der Waals surface area contributed by atoms with Crippen LogP contribution < -0.4 is 0 Å². The monoisotopic (exact) mass is 307 g/mol. The number of nitrogens with one attached hydrogen (secondary N) is 1. The first-order valence-corrected chi connectivity index (χ1v) is 6.37. The SMILES string of the molecule is Cc1ccc(Br)c(C(=O)N(C)Cc2ncc[nH]2)c1. The van der Waals surface area contributed by atoms with Gasteiger partial charge in [0.25, 0.3) is 5.91 Å². The predicted molar refractivity (Wildman–Crippen MR) is 73.3 cm³/mol. The van der Waals surface area contributed by atoms with Crippen LogP contribution in [0.2, 0.25) is 0 Å². The zero-order chi connectivity index (χ0) is 13.1. The summed E-state index contributed by atoms with van der Waals surface area (Å²) in [6, 6.07) is 5.74. The third-order valence-electron chi connectivity index (χ3n) is 2.64. The smallest absolute Gasteiger partial charge is 0.255 e. The summed E-state index contributed by atoms with van der Waals surface area (Å²) in [5, 5.41) is 0. The first-order valence-electron chi connectivity index (χ1n) is 5.58. The van der Waals surface area contributed by atoms with Crippen LogP contribution in [0.4, 0.5) is 0 Å². The number of nitrogens with zero attached hydrogens (tertiary/aromatic N) is 2. The number of aryl methyl sites for hydroxylation is 1. The molecule has 0 atom stereocenters. The van der Waals surface area contributed by atoms with Crippen LogP contribution in [-0.4, -0.2) is 27.8 Å². The fourth-order valence-corrected chi connectivity index (χ4v) is 2.11. The fourth-order valence-electron chi connectivity index (χ4n) is 1.69. The molecule has 4 nitrogen and oxygen atoms in total. The second kappa shape index (κ2) is 5.35. The maximum atomic E-state index is 12.3. The average molecular weight is 308 g/mol. The summed E-state index contributed by atoms with van der Waals surface area (Å²) >= 11 is 3.41. The number of hydrogen-bond acceptors (Lipinski definition) is 2. The minimum Gasteiger partial charge on any atom is -0.347 e. The lowest BCUT2D eigenvalue weighted by molar-refractivity contribution is 0.0781. The number of H-pyrrole nitrogens is 1. The number of carbonyl (C=O) groups is 1. The summed E-state index contributed by atoms with van der Waals surface area (Å²) in [7, 11) is 1.76. The molecular weight excluding hydrogens is 294 g/mol. The summed E-state index contributed by atoms with van der Waals surface area (Å²) in [5.74, 6) is 0.747. The van der Waals surface area contributed by atoms with E-state index in [1.165, 1.54) is 0 Å². The summed E-state index contributed by atoms with van der Waals surface area (Å²) in [6.45, 7) is 2.43. The lowest BCUT2D eigenvalue weighted by atomic mass is 10.1. The Balaban J connectivity index is 2.17. The molecule has 0 bridgehead atoms. The quantitative estimate of drug-likeness (QED) is 0.948. The molecule has 1 heterocycles. The normalized spacial score (nSPS) is 10.4. The highest BCUT2D eigenvalue weighted by Gasteiger charge is 2.15. The number of halogens is 1. The van der Waals surface area contributed by atoms with Gasteiger partial charge in [0.1, 0.15) is 5.82 Å². The van der Waals surface area contributed by atoms with Crippen LogP contribution in [0.1, 0.15) is 21.7 Å². The molecule has 0 unspecified atom stereocenters. The standard InChI is InChI=1S/C13H14BrN3O/c1-9-3-4-11(14)10(7-9)13(18)17(2)8-12-15-5-6-16-12/h3-7H,8H2,1-2H3,(H,15,16). The molecule has 18 heavy (non-hydrogen) atoms. The Morgan fingerprint density at radius 1 is 1.50 bits per heavy atom. The van der Waals surface area contributed by atoms with Crippen LogP contribution in [0.3, 0.4) is 0 Å². The first-order chi connectivity index (χ1) is 8.58. The summed E-state index contributed by atoms with van der Waals surface area (Å²) < 4.78 is 0.810. The van der Waals surface area contributed by atoms with Crippen molar-refractivity contribution in [1.29, 1.82) is 0 Å². The molecule has 0 radical (unpaired) electrons. The maximum Gasteiger partial charge on any atom is 0.255 e. The van der Waals surface area contributed by atoms with Crippen molar-refractivity contribution in [1.82, 2.24) is 14.9 Å². The van der Waals surface area contributed by atoms with Crippen LogP contribution in [0.5, 0.6) is 0 Å². The van der Waals surface area contributed by atoms with Crippen molar-refractivity contribution in [3.8, 4) is 0 Å². The fraction of sp³-hybridized carbons (Fsp3) is 0.231. The van der Waals surface area contributed by atoms with Gasteiger partial charge in [0.2, 0.25) is 0 Å². The molecule has 1 aromatic heterocycles. The van der Waals surface area contributed by atoms with Gasteiger partial charge in [-0.05, 0) is 35.0 Å². The van der Waals surface area contributed by atoms with Crippen LogP contribution in [-0.2, 0) is 6.54 Å². The zero-order valence-electron chi connectivity index (χ0n) is 10.3. The lowest BCUT2D eigenvalue weighted by Crippen LogP contribution is -2.27. The zero-order valence-corrected chi connectivity index (χ0v) is 11.9. The molecule has 1 aromatic carbocycles. The van der Waals surface area contributed by atoms with E-state index < -0.39 is 0 Å². The molecule has 5 heteroatoms. The third-order valence-corrected chi connectivity index (χ3v) is 3.33. The molecule has 0 fully saturated rings. The predicted octanol–water partition coefficient (Wildman–Crippen LogP) is 2.75. The van der Waals surface area contributed by atoms with Gasteiger partial charge in [0.05, 0.1) is 12.1 Å². The van der Waals surface area contributed by atoms with E-state index in [0.717, 1.165) is 15.9 Å². The van der Waals surface area contributed by atoms with Crippen LogP contribution in [0.15, 0.2) is 35.1 Å². The van der Waals surface area contributed by atoms with E-state index in [-0.39, 0.29) is 5.91 Å². The van der Waals surface area contributed by atoms with Gasteiger partial charge < -0.3 is 9.88 Å². The number of aromatic amines is 1. The Kier molecular flexibility index (Phi) is 3.81. The molecule has 0 aliphatic carbocycles. The van der Waals surface area contributed by atoms with Gasteiger partial charge in [-0.3, -0.25) is 4.79 Å². The van der Waals surface area contributed by atoms with Crippen LogP contribution in [0, 0.1) is 6.92 Å². The maximum absolute atomic E-state index is 12.3. The number of imidazole rings is 1. The highest BCUT2D eigenvalue weighted by atomic mass is 79.9. The summed E-state index contributed by atoms with van der Waals surface area (Å²) in [5.41, 5.74) is 1.73. The number of rotatable bonds is 3. The third kappa shape index (κ3) is 2.79. The molecule has 1 amide bonds. The van der Waals surface area contributed by atoms with Gasteiger partial charge in [-0.25, -0.2) is 4.98 Å². The molecule has 0 spiro atoms. The van der Waals surface area contributed by atoms with Crippen LogP contribution in [0.25, 0.3) is 0 Å². The largest absolute Gasteiger partial charge is 0.347 e. The Bertz CT molecular complexity index is 551. The van der Waals surface area contributed by atoms with E-state index in [2.05, 4.69) is 25.9 Å². The lowest BCUT2D eigenvalue weighted by Gasteiger charge is -2.17. The number of hydrogen-bond donors (Lipinski definition) is 1. The number of benzene rings is 1. The van der Waals surface area contributed by atoms with Gasteiger partial charge in [0, 0.05) is 23.9 Å². The van der Waals surface area contributed by atoms with E-state index in [1.807, 2.05) is 25.1 Å². The van der Waals surface area contributed by atoms with Crippen LogP contribution >= 0.6 is 15.9 Å². The van der Waals surface area contributed by atoms with Gasteiger partial charge in [-0.15, -0.1) is 0 Å². The highest BCUT2D eigenvalue weighted by molar-refractivity contribution is 9.10. The minimum absolute atomic E-state index is 0.0259. The van der Waals surface area contributed by atoms with Crippen molar-refractivity contribution in [2.24, 2.45) is 0 Å². The molecule has 94 valence electrons. The van der Waals surface area contributed by atoms with Crippen molar-refractivity contribution >= 4 is 21.8 Å². The average Bonchev–Trinajstić information content (AvgIpc) is 2.84. The molecule has 0 saturated heterocycles. The Hall–Kier alpha value is -1.62. The molecular formula is C13H14BrN3O. The summed E-state index contributed by atoms with van der Waals surface area (Å²) in [6.07, 6.45) is 3.42. The Morgan fingerprint density at radius 2 is 2.28 bits per heavy atom. The van der Waals surface area contributed by atoms with Crippen molar-refractivity contribution in [3.05, 3.63) is 52.0 Å². The highest BCUT2D eigenvalue weighted by Crippen LogP contribution is 2.20.